The standard InChI is InChI=1S/C27H32O5/c1-3-19(28)14-16-24-26(21-11-7-8-12-22(21)27(29)32-24)18-13-15-23(25(17-18)30-4-2)31-20-9-5-6-10-20/h7-8,11-13,15,17,19-20,28H,3-6,9-10,14,16H2,1-2H3. The summed E-state index contributed by atoms with van der Waals surface area (Å²) in [5.74, 6) is 2.05. The van der Waals surface area contributed by atoms with Gasteiger partial charge in [-0.15, -0.1) is 0 Å². The van der Waals surface area contributed by atoms with Crippen molar-refractivity contribution in [1.82, 2.24) is 0 Å². The van der Waals surface area contributed by atoms with Crippen molar-refractivity contribution in [2.45, 2.75) is 71.0 Å². The predicted octanol–water partition coefficient (Wildman–Crippen LogP) is 5.88. The first-order chi connectivity index (χ1) is 15.6. The van der Waals surface area contributed by atoms with Crippen molar-refractivity contribution in [3.05, 3.63) is 58.6 Å². The first-order valence-corrected chi connectivity index (χ1v) is 11.8. The molecule has 2 aromatic carbocycles. The van der Waals surface area contributed by atoms with Crippen LogP contribution < -0.4 is 15.1 Å². The summed E-state index contributed by atoms with van der Waals surface area (Å²) in [6.07, 6.45) is 6.04. The average Bonchev–Trinajstić information content (AvgIpc) is 3.32. The van der Waals surface area contributed by atoms with Gasteiger partial charge >= 0.3 is 5.63 Å². The molecule has 0 aliphatic heterocycles. The number of benzene rings is 2. The van der Waals surface area contributed by atoms with Crippen molar-refractivity contribution in [1.29, 1.82) is 0 Å². The van der Waals surface area contributed by atoms with Crippen molar-refractivity contribution in [3.8, 4) is 22.6 Å². The normalized spacial score (nSPS) is 15.2. The zero-order valence-corrected chi connectivity index (χ0v) is 18.9. The number of ether oxygens (including phenoxy) is 2. The molecule has 4 rings (SSSR count). The Bertz CT molecular complexity index is 1110. The van der Waals surface area contributed by atoms with Crippen LogP contribution in [-0.2, 0) is 6.42 Å². The van der Waals surface area contributed by atoms with Crippen LogP contribution in [0.5, 0.6) is 11.5 Å². The Labute approximate surface area is 189 Å². The van der Waals surface area contributed by atoms with Gasteiger partial charge in [0.25, 0.3) is 0 Å². The Morgan fingerprint density at radius 2 is 1.81 bits per heavy atom. The maximum Gasteiger partial charge on any atom is 0.343 e. The summed E-state index contributed by atoms with van der Waals surface area (Å²) in [5.41, 5.74) is 1.43. The van der Waals surface area contributed by atoms with Crippen LogP contribution >= 0.6 is 0 Å². The summed E-state index contributed by atoms with van der Waals surface area (Å²) in [6.45, 7) is 4.44. The lowest BCUT2D eigenvalue weighted by molar-refractivity contribution is 0.158. The molecule has 5 nitrogen and oxygen atoms in total. The topological polar surface area (TPSA) is 68.9 Å². The van der Waals surface area contributed by atoms with Crippen LogP contribution in [0.2, 0.25) is 0 Å². The summed E-state index contributed by atoms with van der Waals surface area (Å²) < 4.78 is 18.0. The number of aliphatic hydroxyl groups is 1. The molecule has 5 heteroatoms. The second-order valence-corrected chi connectivity index (χ2v) is 8.45. The fourth-order valence-electron chi connectivity index (χ4n) is 4.46. The molecule has 1 aliphatic carbocycles. The van der Waals surface area contributed by atoms with E-state index >= 15 is 0 Å². The summed E-state index contributed by atoms with van der Waals surface area (Å²) in [4.78, 5) is 12.6. The van der Waals surface area contributed by atoms with Crippen LogP contribution in [0.3, 0.4) is 0 Å². The molecule has 0 bridgehead atoms. The third-order valence-electron chi connectivity index (χ3n) is 6.21. The predicted molar refractivity (Wildman–Crippen MR) is 127 cm³/mol. The molecule has 32 heavy (non-hydrogen) atoms. The molecule has 0 spiro atoms. The molecule has 0 saturated heterocycles. The summed E-state index contributed by atoms with van der Waals surface area (Å²) >= 11 is 0. The molecule has 3 aromatic rings. The Morgan fingerprint density at radius 3 is 2.53 bits per heavy atom. The van der Waals surface area contributed by atoms with Crippen molar-refractivity contribution >= 4 is 10.8 Å². The maximum absolute atomic E-state index is 12.6. The summed E-state index contributed by atoms with van der Waals surface area (Å²) in [6, 6.07) is 13.5. The van der Waals surface area contributed by atoms with E-state index in [0.29, 0.717) is 42.8 Å². The lowest BCUT2D eigenvalue weighted by Gasteiger charge is -2.19. The van der Waals surface area contributed by atoms with Crippen LogP contribution in [0, 0.1) is 0 Å². The van der Waals surface area contributed by atoms with Gasteiger partial charge in [-0.2, -0.15) is 0 Å². The second kappa shape index (κ2) is 10.2. The lowest BCUT2D eigenvalue weighted by Crippen LogP contribution is -2.12. The van der Waals surface area contributed by atoms with E-state index in [9.17, 15) is 9.90 Å². The van der Waals surface area contributed by atoms with E-state index in [2.05, 4.69) is 0 Å². The fraction of sp³-hybridized carbons (Fsp3) is 0.444. The van der Waals surface area contributed by atoms with E-state index in [4.69, 9.17) is 13.9 Å². The molecule has 0 amide bonds. The molecule has 170 valence electrons. The number of aryl methyl sites for hydroxylation is 1. The van der Waals surface area contributed by atoms with Gasteiger partial charge in [-0.25, -0.2) is 4.79 Å². The minimum atomic E-state index is -0.430. The molecule has 1 heterocycles. The zero-order chi connectivity index (χ0) is 22.5. The van der Waals surface area contributed by atoms with E-state index in [1.165, 1.54) is 12.8 Å². The van der Waals surface area contributed by atoms with Crippen LogP contribution in [-0.4, -0.2) is 23.9 Å². The number of hydrogen-bond acceptors (Lipinski definition) is 5. The average molecular weight is 437 g/mol. The molecule has 1 N–H and O–H groups in total. The van der Waals surface area contributed by atoms with Gasteiger partial charge in [0.1, 0.15) is 5.76 Å². The number of fused-ring (bicyclic) bond motifs is 1. The third kappa shape index (κ3) is 4.83. The van der Waals surface area contributed by atoms with Crippen LogP contribution in [0.25, 0.3) is 21.9 Å². The first-order valence-electron chi connectivity index (χ1n) is 11.8. The number of hydrogen-bond donors (Lipinski definition) is 1. The summed E-state index contributed by atoms with van der Waals surface area (Å²) in [5, 5.41) is 11.5. The Balaban J connectivity index is 1.80. The summed E-state index contributed by atoms with van der Waals surface area (Å²) in [7, 11) is 0. The van der Waals surface area contributed by atoms with Crippen molar-refractivity contribution in [3.63, 3.8) is 0 Å². The Hall–Kier alpha value is -2.79. The van der Waals surface area contributed by atoms with Crippen LogP contribution in [0.15, 0.2) is 51.7 Å². The second-order valence-electron chi connectivity index (χ2n) is 8.45. The van der Waals surface area contributed by atoms with Gasteiger partial charge in [0.05, 0.1) is 24.2 Å². The molecular weight excluding hydrogens is 404 g/mol. The zero-order valence-electron chi connectivity index (χ0n) is 18.9. The Morgan fingerprint density at radius 1 is 1.06 bits per heavy atom. The smallest absolute Gasteiger partial charge is 0.343 e. The van der Waals surface area contributed by atoms with E-state index < -0.39 is 6.10 Å². The largest absolute Gasteiger partial charge is 0.490 e. The fourth-order valence-corrected chi connectivity index (χ4v) is 4.46. The Kier molecular flexibility index (Phi) is 7.15. The maximum atomic E-state index is 12.6. The number of rotatable bonds is 9. The highest BCUT2D eigenvalue weighted by Gasteiger charge is 2.21. The molecule has 0 radical (unpaired) electrons. The van der Waals surface area contributed by atoms with Gasteiger partial charge in [-0.1, -0.05) is 31.2 Å². The number of aliphatic hydroxyl groups excluding tert-OH is 1. The SMILES string of the molecule is CCOc1cc(-c2c(CCC(O)CC)oc(=O)c3ccccc23)ccc1OC1CCCC1. The van der Waals surface area contributed by atoms with Gasteiger partial charge in [-0.05, 0) is 69.2 Å². The van der Waals surface area contributed by atoms with Crippen molar-refractivity contribution in [2.24, 2.45) is 0 Å². The first kappa shape index (κ1) is 22.4. The van der Waals surface area contributed by atoms with Gasteiger partial charge < -0.3 is 19.0 Å². The van der Waals surface area contributed by atoms with Gasteiger partial charge in [0, 0.05) is 17.4 Å². The quantitative estimate of drug-likeness (QED) is 0.453. The van der Waals surface area contributed by atoms with Crippen molar-refractivity contribution < 1.29 is 19.0 Å². The molecule has 1 unspecified atom stereocenters. The molecular formula is C27H32O5. The van der Waals surface area contributed by atoms with E-state index in [-0.39, 0.29) is 11.7 Å². The molecule has 1 saturated carbocycles. The molecule has 1 aliphatic rings. The van der Waals surface area contributed by atoms with Gasteiger partial charge in [0.15, 0.2) is 11.5 Å². The molecule has 1 atom stereocenters. The van der Waals surface area contributed by atoms with Crippen LogP contribution in [0.4, 0.5) is 0 Å². The van der Waals surface area contributed by atoms with Gasteiger partial charge in [0.2, 0.25) is 0 Å². The highest BCUT2D eigenvalue weighted by Crippen LogP contribution is 2.39. The van der Waals surface area contributed by atoms with E-state index in [1.807, 2.05) is 50.2 Å². The third-order valence-corrected chi connectivity index (χ3v) is 6.21. The minimum Gasteiger partial charge on any atom is -0.490 e. The highest BCUT2D eigenvalue weighted by molar-refractivity contribution is 5.97. The van der Waals surface area contributed by atoms with Gasteiger partial charge in [-0.3, -0.25) is 0 Å². The van der Waals surface area contributed by atoms with E-state index in [1.54, 1.807) is 6.07 Å². The highest BCUT2D eigenvalue weighted by atomic mass is 16.5. The lowest BCUT2D eigenvalue weighted by atomic mass is 9.95. The van der Waals surface area contributed by atoms with Crippen molar-refractivity contribution in [2.75, 3.05) is 6.61 Å². The van der Waals surface area contributed by atoms with Crippen LogP contribution in [0.1, 0.15) is 58.1 Å². The molecule has 1 fully saturated rings. The minimum absolute atomic E-state index is 0.238. The van der Waals surface area contributed by atoms with E-state index in [0.717, 1.165) is 35.1 Å². The monoisotopic (exact) mass is 436 g/mol. The molecule has 1 aromatic heterocycles.